The van der Waals surface area contributed by atoms with Crippen molar-refractivity contribution < 1.29 is 18.3 Å². The lowest BCUT2D eigenvalue weighted by Gasteiger charge is -2.06. The molecule has 0 saturated heterocycles. The quantitative estimate of drug-likeness (QED) is 0.901. The molecule has 0 atom stereocenters. The molecule has 0 amide bonds. The fourth-order valence-electron chi connectivity index (χ4n) is 1.21. The van der Waals surface area contributed by atoms with Crippen LogP contribution in [0.1, 0.15) is 22.8 Å². The summed E-state index contributed by atoms with van der Waals surface area (Å²) >= 11 is 5.65. The van der Waals surface area contributed by atoms with Crippen molar-refractivity contribution in [3.05, 3.63) is 34.3 Å². The molecule has 0 unspecified atom stereocenters. The third-order valence-electron chi connectivity index (χ3n) is 2.12. The van der Waals surface area contributed by atoms with Crippen molar-refractivity contribution in [1.29, 1.82) is 0 Å². The van der Waals surface area contributed by atoms with E-state index in [0.717, 1.165) is 0 Å². The molecule has 1 rings (SSSR count). The Hall–Kier alpha value is -1.07. The Balaban J connectivity index is 3.19. The number of sulfone groups is 1. The second-order valence-corrected chi connectivity index (χ2v) is 6.07. The summed E-state index contributed by atoms with van der Waals surface area (Å²) in [6.45, 7) is 1.52. The van der Waals surface area contributed by atoms with Crippen LogP contribution in [0.5, 0.6) is 0 Å². The van der Waals surface area contributed by atoms with Gasteiger partial charge in [0.05, 0.1) is 11.3 Å². The molecule has 0 fully saturated rings. The lowest BCUT2D eigenvalue weighted by atomic mass is 10.1. The molecule has 0 aromatic heterocycles. The van der Waals surface area contributed by atoms with Gasteiger partial charge in [-0.25, -0.2) is 13.2 Å². The van der Waals surface area contributed by atoms with Crippen LogP contribution in [0.4, 0.5) is 0 Å². The van der Waals surface area contributed by atoms with Crippen LogP contribution in [0.2, 0.25) is 5.02 Å². The maximum absolute atomic E-state index is 11.4. The zero-order chi connectivity index (χ0) is 12.3. The number of hydrogen-bond donors (Lipinski definition) is 1. The number of halogens is 1. The van der Waals surface area contributed by atoms with Gasteiger partial charge >= 0.3 is 5.97 Å². The molecule has 0 spiro atoms. The second kappa shape index (κ2) is 4.84. The van der Waals surface area contributed by atoms with E-state index in [-0.39, 0.29) is 27.7 Å². The number of carboxylic acids is 1. The van der Waals surface area contributed by atoms with Crippen molar-refractivity contribution in [2.75, 3.05) is 5.75 Å². The predicted octanol–water partition coefficient (Wildman–Crippen LogP) is 1.97. The van der Waals surface area contributed by atoms with E-state index in [1.165, 1.54) is 25.1 Å². The van der Waals surface area contributed by atoms with Gasteiger partial charge in [-0.2, -0.15) is 0 Å². The molecule has 16 heavy (non-hydrogen) atoms. The molecule has 0 aliphatic carbocycles. The highest BCUT2D eigenvalue weighted by Crippen LogP contribution is 2.18. The minimum absolute atomic E-state index is 0.0192. The first-order valence-corrected chi connectivity index (χ1v) is 6.78. The van der Waals surface area contributed by atoms with Gasteiger partial charge in [0.2, 0.25) is 0 Å². The first kappa shape index (κ1) is 13.0. The highest BCUT2D eigenvalue weighted by atomic mass is 35.5. The SMILES string of the molecule is CCS(=O)(=O)Cc1ccc(Cl)cc1C(=O)O. The van der Waals surface area contributed by atoms with Crippen molar-refractivity contribution in [1.82, 2.24) is 0 Å². The summed E-state index contributed by atoms with van der Waals surface area (Å²) in [7, 11) is -3.25. The minimum Gasteiger partial charge on any atom is -0.478 e. The Morgan fingerprint density at radius 2 is 2.06 bits per heavy atom. The van der Waals surface area contributed by atoms with E-state index in [2.05, 4.69) is 0 Å². The number of rotatable bonds is 4. The number of carboxylic acid groups (broad SMARTS) is 1. The van der Waals surface area contributed by atoms with Crippen molar-refractivity contribution in [3.8, 4) is 0 Å². The van der Waals surface area contributed by atoms with Gasteiger partial charge in [-0.1, -0.05) is 24.6 Å². The van der Waals surface area contributed by atoms with E-state index in [1.807, 2.05) is 0 Å². The highest BCUT2D eigenvalue weighted by molar-refractivity contribution is 7.90. The third kappa shape index (κ3) is 3.21. The first-order chi connectivity index (χ1) is 7.35. The van der Waals surface area contributed by atoms with Gasteiger partial charge in [0, 0.05) is 10.8 Å². The maximum Gasteiger partial charge on any atom is 0.336 e. The average Bonchev–Trinajstić information content (AvgIpc) is 2.20. The van der Waals surface area contributed by atoms with Crippen LogP contribution in [-0.2, 0) is 15.6 Å². The molecule has 0 saturated carbocycles. The Kier molecular flexibility index (Phi) is 3.93. The molecule has 6 heteroatoms. The topological polar surface area (TPSA) is 71.4 Å². The fraction of sp³-hybridized carbons (Fsp3) is 0.300. The molecule has 0 aliphatic rings. The summed E-state index contributed by atoms with van der Waals surface area (Å²) in [5.74, 6) is -1.47. The average molecular weight is 263 g/mol. The third-order valence-corrected chi connectivity index (χ3v) is 3.98. The Bertz CT molecular complexity index is 508. The lowest BCUT2D eigenvalue weighted by Crippen LogP contribution is -2.10. The van der Waals surface area contributed by atoms with Crippen LogP contribution in [-0.4, -0.2) is 25.2 Å². The van der Waals surface area contributed by atoms with E-state index in [1.54, 1.807) is 0 Å². The van der Waals surface area contributed by atoms with E-state index in [0.29, 0.717) is 0 Å². The maximum atomic E-state index is 11.4. The summed E-state index contributed by atoms with van der Waals surface area (Å²) in [4.78, 5) is 10.9. The molecular weight excluding hydrogens is 252 g/mol. The first-order valence-electron chi connectivity index (χ1n) is 4.58. The van der Waals surface area contributed by atoms with Crippen molar-refractivity contribution >= 4 is 27.4 Å². The van der Waals surface area contributed by atoms with Crippen molar-refractivity contribution in [2.45, 2.75) is 12.7 Å². The van der Waals surface area contributed by atoms with E-state index < -0.39 is 15.8 Å². The number of hydrogen-bond acceptors (Lipinski definition) is 3. The molecule has 1 aromatic rings. The molecule has 0 heterocycles. The molecule has 4 nitrogen and oxygen atoms in total. The number of aromatic carboxylic acids is 1. The van der Waals surface area contributed by atoms with Gasteiger partial charge in [0.15, 0.2) is 9.84 Å². The van der Waals surface area contributed by atoms with Crippen LogP contribution in [0, 0.1) is 0 Å². The minimum atomic E-state index is -3.25. The molecule has 88 valence electrons. The molecule has 1 N–H and O–H groups in total. The van der Waals surface area contributed by atoms with Crippen LogP contribution in [0.15, 0.2) is 18.2 Å². The Morgan fingerprint density at radius 1 is 1.44 bits per heavy atom. The monoisotopic (exact) mass is 262 g/mol. The largest absolute Gasteiger partial charge is 0.478 e. The summed E-state index contributed by atoms with van der Waals surface area (Å²) in [5.41, 5.74) is 0.197. The van der Waals surface area contributed by atoms with Crippen LogP contribution in [0.25, 0.3) is 0 Å². The van der Waals surface area contributed by atoms with Crippen molar-refractivity contribution in [3.63, 3.8) is 0 Å². The van der Waals surface area contributed by atoms with Crippen LogP contribution in [0.3, 0.4) is 0 Å². The van der Waals surface area contributed by atoms with Crippen molar-refractivity contribution in [2.24, 2.45) is 0 Å². The predicted molar refractivity (Wildman–Crippen MR) is 61.6 cm³/mol. The highest BCUT2D eigenvalue weighted by Gasteiger charge is 2.16. The zero-order valence-electron chi connectivity index (χ0n) is 8.60. The Labute approximate surface area is 98.8 Å². The fourth-order valence-corrected chi connectivity index (χ4v) is 2.31. The molecule has 0 radical (unpaired) electrons. The summed E-state index contributed by atoms with van der Waals surface area (Å²) in [6.07, 6.45) is 0. The van der Waals surface area contributed by atoms with Gasteiger partial charge < -0.3 is 5.11 Å². The summed E-state index contributed by atoms with van der Waals surface area (Å²) < 4.78 is 22.8. The zero-order valence-corrected chi connectivity index (χ0v) is 10.2. The van der Waals surface area contributed by atoms with E-state index >= 15 is 0 Å². The van der Waals surface area contributed by atoms with Gasteiger partial charge in [0.25, 0.3) is 0 Å². The molecule has 0 bridgehead atoms. The summed E-state index contributed by atoms with van der Waals surface area (Å²) in [5, 5.41) is 9.18. The lowest BCUT2D eigenvalue weighted by molar-refractivity contribution is 0.0696. The smallest absolute Gasteiger partial charge is 0.336 e. The number of benzene rings is 1. The standard InChI is InChI=1S/C10H11ClO4S/c1-2-16(14,15)6-7-3-4-8(11)5-9(7)10(12)13/h3-5H,2,6H2,1H3,(H,12,13). The van der Waals surface area contributed by atoms with Crippen LogP contribution >= 0.6 is 11.6 Å². The van der Waals surface area contributed by atoms with Gasteiger partial charge in [-0.15, -0.1) is 0 Å². The second-order valence-electron chi connectivity index (χ2n) is 3.28. The molecule has 1 aromatic carbocycles. The summed E-state index contributed by atoms with van der Waals surface area (Å²) in [6, 6.07) is 4.16. The van der Waals surface area contributed by atoms with Gasteiger partial charge in [-0.05, 0) is 17.7 Å². The molecular formula is C10H11ClO4S. The van der Waals surface area contributed by atoms with Gasteiger partial charge in [-0.3, -0.25) is 0 Å². The van der Waals surface area contributed by atoms with E-state index in [4.69, 9.17) is 16.7 Å². The van der Waals surface area contributed by atoms with Gasteiger partial charge in [0.1, 0.15) is 0 Å². The van der Waals surface area contributed by atoms with Crippen LogP contribution < -0.4 is 0 Å². The number of carbonyl (C=O) groups is 1. The normalized spacial score (nSPS) is 11.4. The van der Waals surface area contributed by atoms with E-state index in [9.17, 15) is 13.2 Å². The Morgan fingerprint density at radius 3 is 2.56 bits per heavy atom. The molecule has 0 aliphatic heterocycles.